The van der Waals surface area contributed by atoms with Gasteiger partial charge >= 0.3 is 0 Å². The van der Waals surface area contributed by atoms with Crippen molar-refractivity contribution in [3.05, 3.63) is 90.8 Å². The van der Waals surface area contributed by atoms with Crippen molar-refractivity contribution in [1.82, 2.24) is 8.68 Å². The van der Waals surface area contributed by atoms with Crippen LogP contribution in [0.25, 0.3) is 5.57 Å². The minimum absolute atomic E-state index is 0.569. The molecule has 0 unspecified atom stereocenters. The molecule has 100 valence electrons. The number of hydrogen-bond donors (Lipinski definition) is 0. The second-order valence-electron chi connectivity index (χ2n) is 4.62. The zero-order chi connectivity index (χ0) is 13.8. The molecule has 1 aromatic carbocycles. The van der Waals surface area contributed by atoms with Gasteiger partial charge < -0.3 is 8.68 Å². The van der Waals surface area contributed by atoms with Crippen LogP contribution in [0, 0.1) is 0 Å². The molecule has 0 atom stereocenters. The van der Waals surface area contributed by atoms with E-state index >= 15 is 0 Å². The Labute approximate surface area is 120 Å². The van der Waals surface area contributed by atoms with Crippen LogP contribution in [0.1, 0.15) is 12.5 Å². The van der Waals surface area contributed by atoms with Crippen molar-refractivity contribution in [2.45, 2.75) is 6.92 Å². The highest BCUT2D eigenvalue weighted by Crippen LogP contribution is 2.43. The Bertz CT molecular complexity index is 633. The topological polar surface area (TPSA) is 9.86 Å². The Balaban J connectivity index is 1.99. The molecule has 0 aliphatic carbocycles. The Morgan fingerprint density at radius 2 is 1.30 bits per heavy atom. The Hall–Kier alpha value is -2.05. The molecule has 0 bridgehead atoms. The molecule has 0 aliphatic rings. The fourth-order valence-electron chi connectivity index (χ4n) is 2.13. The van der Waals surface area contributed by atoms with Gasteiger partial charge in [0.2, 0.25) is 0 Å². The number of hydrogen-bond acceptors (Lipinski definition) is 0. The van der Waals surface area contributed by atoms with Gasteiger partial charge in [0.25, 0.3) is 0 Å². The van der Waals surface area contributed by atoms with E-state index in [0.29, 0.717) is 0 Å². The maximum absolute atomic E-state index is 2.35. The smallest absolute Gasteiger partial charge is 0.129 e. The minimum Gasteiger partial charge on any atom is -0.313 e. The fraction of sp³-hybridized carbons (Fsp3) is 0.0588. The molecule has 2 nitrogen and oxygen atoms in total. The standard InChI is InChI=1S/C17H17N2P/c1-16(17-9-3-2-4-10-17)15-20(18-11-5-6-12-18)19-13-7-8-14-19/h2-15H,1H3. The number of nitrogens with zero attached hydrogens (tertiary/aromatic N) is 2. The minimum atomic E-state index is -0.569. The first kappa shape index (κ1) is 13.0. The van der Waals surface area contributed by atoms with Gasteiger partial charge in [0, 0.05) is 24.8 Å². The second-order valence-corrected chi connectivity index (χ2v) is 6.45. The summed E-state index contributed by atoms with van der Waals surface area (Å²) in [5.41, 5.74) is 2.58. The van der Waals surface area contributed by atoms with Crippen molar-refractivity contribution in [3.63, 3.8) is 0 Å². The summed E-state index contributed by atoms with van der Waals surface area (Å²) in [5.74, 6) is 2.35. The monoisotopic (exact) mass is 280 g/mol. The van der Waals surface area contributed by atoms with E-state index in [-0.39, 0.29) is 0 Å². The van der Waals surface area contributed by atoms with Crippen molar-refractivity contribution in [3.8, 4) is 0 Å². The van der Waals surface area contributed by atoms with Gasteiger partial charge in [0.1, 0.15) is 8.22 Å². The third-order valence-electron chi connectivity index (χ3n) is 3.19. The van der Waals surface area contributed by atoms with Crippen LogP contribution in [0.15, 0.2) is 85.2 Å². The third-order valence-corrected chi connectivity index (χ3v) is 5.29. The lowest BCUT2D eigenvalue weighted by molar-refractivity contribution is 1.15. The van der Waals surface area contributed by atoms with Crippen LogP contribution < -0.4 is 0 Å². The van der Waals surface area contributed by atoms with E-state index in [4.69, 9.17) is 0 Å². The van der Waals surface area contributed by atoms with Gasteiger partial charge in [0.15, 0.2) is 0 Å². The van der Waals surface area contributed by atoms with E-state index < -0.39 is 8.22 Å². The predicted molar refractivity (Wildman–Crippen MR) is 86.7 cm³/mol. The lowest BCUT2D eigenvalue weighted by Crippen LogP contribution is -1.95. The van der Waals surface area contributed by atoms with Gasteiger partial charge in [-0.05, 0) is 48.1 Å². The largest absolute Gasteiger partial charge is 0.313 e. The molecule has 0 spiro atoms. The highest BCUT2D eigenvalue weighted by molar-refractivity contribution is 7.58. The van der Waals surface area contributed by atoms with Crippen LogP contribution >= 0.6 is 8.22 Å². The molecule has 3 aromatic rings. The molecule has 0 aliphatic heterocycles. The van der Waals surface area contributed by atoms with E-state index in [2.05, 4.69) is 101 Å². The molecule has 3 heteroatoms. The van der Waals surface area contributed by atoms with Crippen LogP contribution in [0.2, 0.25) is 0 Å². The first-order valence-electron chi connectivity index (χ1n) is 6.64. The molecule has 0 saturated heterocycles. The zero-order valence-corrected chi connectivity index (χ0v) is 12.3. The summed E-state index contributed by atoms with van der Waals surface area (Å²) in [4.78, 5) is 0. The Morgan fingerprint density at radius 3 is 1.80 bits per heavy atom. The first-order chi connectivity index (χ1) is 9.84. The van der Waals surface area contributed by atoms with E-state index in [1.807, 2.05) is 0 Å². The molecular weight excluding hydrogens is 263 g/mol. The highest BCUT2D eigenvalue weighted by Gasteiger charge is 2.09. The van der Waals surface area contributed by atoms with Gasteiger partial charge in [-0.15, -0.1) is 0 Å². The summed E-state index contributed by atoms with van der Waals surface area (Å²) in [5, 5.41) is 0. The summed E-state index contributed by atoms with van der Waals surface area (Å²) in [7, 11) is -0.569. The molecule has 0 N–H and O–H groups in total. The fourth-order valence-corrected chi connectivity index (χ4v) is 3.98. The van der Waals surface area contributed by atoms with Gasteiger partial charge in [-0.3, -0.25) is 0 Å². The predicted octanol–water partition coefficient (Wildman–Crippen LogP) is 5.06. The third kappa shape index (κ3) is 2.76. The SMILES string of the molecule is CC(=CP(n1cccc1)n1cccc1)c1ccccc1. The van der Waals surface area contributed by atoms with E-state index in [1.165, 1.54) is 11.1 Å². The normalized spacial score (nSPS) is 12.0. The molecule has 20 heavy (non-hydrogen) atoms. The molecule has 0 radical (unpaired) electrons. The average Bonchev–Trinajstić information content (AvgIpc) is 3.19. The summed E-state index contributed by atoms with van der Waals surface area (Å²) in [6, 6.07) is 18.8. The van der Waals surface area contributed by atoms with E-state index in [1.54, 1.807) is 0 Å². The molecular formula is C17H17N2P. The summed E-state index contributed by atoms with van der Waals surface area (Å²) >= 11 is 0. The summed E-state index contributed by atoms with van der Waals surface area (Å²) < 4.78 is 4.53. The quantitative estimate of drug-likeness (QED) is 0.591. The Morgan fingerprint density at radius 1 is 0.800 bits per heavy atom. The lowest BCUT2D eigenvalue weighted by atomic mass is 10.1. The number of allylic oxidation sites excluding steroid dienone is 1. The highest BCUT2D eigenvalue weighted by atomic mass is 31.1. The molecule has 3 rings (SSSR count). The lowest BCUT2D eigenvalue weighted by Gasteiger charge is -2.18. The number of rotatable bonds is 4. The summed E-state index contributed by atoms with van der Waals surface area (Å²) in [6.45, 7) is 2.18. The van der Waals surface area contributed by atoms with Crippen LogP contribution in [0.4, 0.5) is 0 Å². The van der Waals surface area contributed by atoms with Gasteiger partial charge in [-0.2, -0.15) is 0 Å². The van der Waals surface area contributed by atoms with Crippen molar-refractivity contribution >= 4 is 13.8 Å². The molecule has 0 amide bonds. The molecule has 0 fully saturated rings. The zero-order valence-electron chi connectivity index (χ0n) is 11.4. The maximum atomic E-state index is 2.35. The van der Waals surface area contributed by atoms with E-state index in [0.717, 1.165) is 0 Å². The van der Waals surface area contributed by atoms with Crippen LogP contribution in [-0.2, 0) is 0 Å². The van der Waals surface area contributed by atoms with Crippen molar-refractivity contribution < 1.29 is 0 Å². The van der Waals surface area contributed by atoms with Crippen LogP contribution in [0.3, 0.4) is 0 Å². The molecule has 2 heterocycles. The maximum Gasteiger partial charge on any atom is 0.129 e. The number of aromatic nitrogens is 2. The van der Waals surface area contributed by atoms with E-state index in [9.17, 15) is 0 Å². The molecule has 2 aromatic heterocycles. The average molecular weight is 280 g/mol. The number of benzene rings is 1. The van der Waals surface area contributed by atoms with Gasteiger partial charge in [-0.1, -0.05) is 30.3 Å². The second kappa shape index (κ2) is 5.94. The van der Waals surface area contributed by atoms with Crippen molar-refractivity contribution in [2.24, 2.45) is 0 Å². The summed E-state index contributed by atoms with van der Waals surface area (Å²) in [6.07, 6.45) is 8.50. The van der Waals surface area contributed by atoms with Crippen LogP contribution in [-0.4, -0.2) is 8.68 Å². The Kier molecular flexibility index (Phi) is 3.85. The van der Waals surface area contributed by atoms with Gasteiger partial charge in [0.05, 0.1) is 0 Å². The van der Waals surface area contributed by atoms with Crippen LogP contribution in [0.5, 0.6) is 0 Å². The van der Waals surface area contributed by atoms with Gasteiger partial charge in [-0.25, -0.2) is 0 Å². The van der Waals surface area contributed by atoms with Crippen molar-refractivity contribution in [2.75, 3.05) is 0 Å². The first-order valence-corrected chi connectivity index (χ1v) is 7.96. The van der Waals surface area contributed by atoms with Crippen molar-refractivity contribution in [1.29, 1.82) is 0 Å². The molecule has 0 saturated carbocycles.